The van der Waals surface area contributed by atoms with E-state index in [0.717, 1.165) is 12.0 Å². The van der Waals surface area contributed by atoms with Gasteiger partial charge in [0.15, 0.2) is 0 Å². The van der Waals surface area contributed by atoms with Crippen molar-refractivity contribution >= 4 is 23.4 Å². The predicted octanol–water partition coefficient (Wildman–Crippen LogP) is 3.82. The van der Waals surface area contributed by atoms with Gasteiger partial charge in [0.1, 0.15) is 22.9 Å². The summed E-state index contributed by atoms with van der Waals surface area (Å²) in [6.45, 7) is 2.05. The van der Waals surface area contributed by atoms with Gasteiger partial charge in [-0.1, -0.05) is 31.2 Å². The highest BCUT2D eigenvalue weighted by molar-refractivity contribution is 6.08. The number of aliphatic carboxylic acids is 1. The zero-order valence-corrected chi connectivity index (χ0v) is 16.1. The van der Waals surface area contributed by atoms with Crippen LogP contribution in [0.2, 0.25) is 0 Å². The first-order valence-corrected chi connectivity index (χ1v) is 9.41. The average molecular weight is 406 g/mol. The summed E-state index contributed by atoms with van der Waals surface area (Å²) in [5.74, 6) is -1.73. The van der Waals surface area contributed by atoms with Crippen molar-refractivity contribution in [3.05, 3.63) is 89.0 Å². The van der Waals surface area contributed by atoms with Crippen molar-refractivity contribution in [3.8, 4) is 0 Å². The summed E-state index contributed by atoms with van der Waals surface area (Å²) >= 11 is 0. The number of carbonyl (C=O) groups excluding carboxylic acids is 1. The number of anilines is 2. The van der Waals surface area contributed by atoms with Crippen molar-refractivity contribution in [2.24, 2.45) is 0 Å². The second kappa shape index (κ2) is 7.82. The van der Waals surface area contributed by atoms with Gasteiger partial charge in [-0.3, -0.25) is 4.79 Å². The number of hydrogen-bond donors (Lipinski definition) is 3. The van der Waals surface area contributed by atoms with Crippen LogP contribution in [0.25, 0.3) is 0 Å². The molecule has 0 bridgehead atoms. The van der Waals surface area contributed by atoms with Crippen molar-refractivity contribution in [1.29, 1.82) is 0 Å². The molecular weight excluding hydrogens is 387 g/mol. The van der Waals surface area contributed by atoms with Crippen molar-refractivity contribution in [1.82, 2.24) is 9.78 Å². The van der Waals surface area contributed by atoms with E-state index in [0.29, 0.717) is 11.3 Å². The Balaban J connectivity index is 1.68. The number of rotatable bonds is 5. The van der Waals surface area contributed by atoms with Crippen LogP contribution in [0, 0.1) is 5.82 Å². The SMILES string of the molecule is CCc1ccc(NC(=O)c2cnn3c2NC(C(=O)O)=CC3c2ccc(F)cc2)cc1. The standard InChI is InChI=1S/C22H19FN4O3/c1-2-13-3-9-16(10-4-13)25-21(28)17-12-24-27-19(14-5-7-15(23)8-6-14)11-18(22(29)30)26-20(17)27/h3-12,19,26H,2H2,1H3,(H,25,28)(H,29,30). The molecule has 1 aliphatic rings. The fraction of sp³-hybridized carbons (Fsp3) is 0.136. The second-order valence-corrected chi connectivity index (χ2v) is 6.86. The Morgan fingerprint density at radius 2 is 1.87 bits per heavy atom. The van der Waals surface area contributed by atoms with Crippen molar-refractivity contribution in [3.63, 3.8) is 0 Å². The summed E-state index contributed by atoms with van der Waals surface area (Å²) in [6, 6.07) is 12.6. The van der Waals surface area contributed by atoms with Crippen LogP contribution in [0.15, 0.2) is 66.5 Å². The number of nitrogens with zero attached hydrogens (tertiary/aromatic N) is 2. The van der Waals surface area contributed by atoms with E-state index in [2.05, 4.69) is 15.7 Å². The summed E-state index contributed by atoms with van der Waals surface area (Å²) in [5, 5.41) is 19.4. The summed E-state index contributed by atoms with van der Waals surface area (Å²) in [5.41, 5.74) is 2.53. The monoisotopic (exact) mass is 406 g/mol. The molecule has 2 heterocycles. The van der Waals surface area contributed by atoms with E-state index >= 15 is 0 Å². The number of allylic oxidation sites excluding steroid dienone is 1. The molecule has 30 heavy (non-hydrogen) atoms. The molecule has 1 atom stereocenters. The van der Waals surface area contributed by atoms with Gasteiger partial charge in [-0.15, -0.1) is 0 Å². The quantitative estimate of drug-likeness (QED) is 0.599. The molecule has 1 unspecified atom stereocenters. The topological polar surface area (TPSA) is 96.3 Å². The first-order valence-electron chi connectivity index (χ1n) is 9.41. The van der Waals surface area contributed by atoms with Crippen LogP contribution in [0.5, 0.6) is 0 Å². The number of carbonyl (C=O) groups is 2. The van der Waals surface area contributed by atoms with E-state index in [-0.39, 0.29) is 17.1 Å². The molecule has 0 aliphatic carbocycles. The van der Waals surface area contributed by atoms with E-state index in [4.69, 9.17) is 0 Å². The molecule has 0 saturated heterocycles. The third-order valence-corrected chi connectivity index (χ3v) is 4.94. The summed E-state index contributed by atoms with van der Waals surface area (Å²) in [7, 11) is 0. The highest BCUT2D eigenvalue weighted by atomic mass is 19.1. The maximum atomic E-state index is 13.3. The number of aromatic nitrogens is 2. The van der Waals surface area contributed by atoms with Crippen LogP contribution >= 0.6 is 0 Å². The van der Waals surface area contributed by atoms with Crippen LogP contribution in [0.4, 0.5) is 15.9 Å². The zero-order chi connectivity index (χ0) is 21.3. The lowest BCUT2D eigenvalue weighted by Gasteiger charge is -2.24. The number of halogens is 1. The zero-order valence-electron chi connectivity index (χ0n) is 16.1. The Hall–Kier alpha value is -3.94. The molecular formula is C22H19FN4O3. The molecule has 0 fully saturated rings. The lowest BCUT2D eigenvalue weighted by molar-refractivity contribution is -0.132. The van der Waals surface area contributed by atoms with Gasteiger partial charge in [-0.05, 0) is 47.9 Å². The lowest BCUT2D eigenvalue weighted by Crippen LogP contribution is -2.25. The van der Waals surface area contributed by atoms with E-state index < -0.39 is 23.7 Å². The minimum atomic E-state index is -1.17. The van der Waals surface area contributed by atoms with E-state index in [1.54, 1.807) is 12.1 Å². The van der Waals surface area contributed by atoms with Crippen molar-refractivity contribution < 1.29 is 19.1 Å². The van der Waals surface area contributed by atoms with Crippen LogP contribution in [-0.2, 0) is 11.2 Å². The molecule has 2 aromatic carbocycles. The van der Waals surface area contributed by atoms with Crippen molar-refractivity contribution in [2.75, 3.05) is 10.6 Å². The van der Waals surface area contributed by atoms with Gasteiger partial charge in [0, 0.05) is 5.69 Å². The molecule has 3 aromatic rings. The van der Waals surface area contributed by atoms with Gasteiger partial charge in [0.05, 0.1) is 12.2 Å². The predicted molar refractivity (Wildman–Crippen MR) is 110 cm³/mol. The van der Waals surface area contributed by atoms with Crippen LogP contribution < -0.4 is 10.6 Å². The first-order chi connectivity index (χ1) is 14.5. The van der Waals surface area contributed by atoms with Gasteiger partial charge >= 0.3 is 5.97 Å². The minimum absolute atomic E-state index is 0.0846. The summed E-state index contributed by atoms with van der Waals surface area (Å²) in [6.07, 6.45) is 3.75. The molecule has 7 nitrogen and oxygen atoms in total. The van der Waals surface area contributed by atoms with Gasteiger partial charge in [-0.2, -0.15) is 5.10 Å². The molecule has 4 rings (SSSR count). The normalized spacial score (nSPS) is 15.0. The number of aryl methyl sites for hydroxylation is 1. The highest BCUT2D eigenvalue weighted by Crippen LogP contribution is 2.32. The fourth-order valence-corrected chi connectivity index (χ4v) is 3.31. The molecule has 152 valence electrons. The largest absolute Gasteiger partial charge is 0.477 e. The van der Waals surface area contributed by atoms with Crippen LogP contribution in [-0.4, -0.2) is 26.8 Å². The van der Waals surface area contributed by atoms with Gasteiger partial charge in [0.2, 0.25) is 0 Å². The second-order valence-electron chi connectivity index (χ2n) is 6.86. The highest BCUT2D eigenvalue weighted by Gasteiger charge is 2.29. The molecule has 0 spiro atoms. The van der Waals surface area contributed by atoms with E-state index in [9.17, 15) is 19.1 Å². The van der Waals surface area contributed by atoms with Gasteiger partial charge < -0.3 is 15.7 Å². The van der Waals surface area contributed by atoms with E-state index in [1.165, 1.54) is 29.1 Å². The van der Waals surface area contributed by atoms with E-state index in [1.807, 2.05) is 31.2 Å². The van der Waals surface area contributed by atoms with Crippen molar-refractivity contribution in [2.45, 2.75) is 19.4 Å². The van der Waals surface area contributed by atoms with Crippen LogP contribution in [0.3, 0.4) is 0 Å². The Bertz CT molecular complexity index is 1130. The smallest absolute Gasteiger partial charge is 0.352 e. The third-order valence-electron chi connectivity index (χ3n) is 4.94. The Labute approximate surface area is 171 Å². The average Bonchev–Trinajstić information content (AvgIpc) is 3.18. The number of carboxylic acids is 1. The number of fused-ring (bicyclic) bond motifs is 1. The molecule has 1 amide bonds. The number of carboxylic acid groups (broad SMARTS) is 1. The Kier molecular flexibility index (Phi) is 5.05. The number of amides is 1. The Morgan fingerprint density at radius 3 is 2.50 bits per heavy atom. The number of benzene rings is 2. The molecule has 0 radical (unpaired) electrons. The molecule has 1 aliphatic heterocycles. The fourth-order valence-electron chi connectivity index (χ4n) is 3.31. The Morgan fingerprint density at radius 1 is 1.17 bits per heavy atom. The third kappa shape index (κ3) is 3.67. The molecule has 0 saturated carbocycles. The van der Waals surface area contributed by atoms with Crippen LogP contribution in [0.1, 0.15) is 34.5 Å². The molecule has 8 heteroatoms. The van der Waals surface area contributed by atoms with Gasteiger partial charge in [0.25, 0.3) is 5.91 Å². The lowest BCUT2D eigenvalue weighted by atomic mass is 10.0. The maximum absolute atomic E-state index is 13.3. The summed E-state index contributed by atoms with van der Waals surface area (Å²) in [4.78, 5) is 24.5. The number of nitrogens with one attached hydrogen (secondary N) is 2. The maximum Gasteiger partial charge on any atom is 0.352 e. The molecule has 3 N–H and O–H groups in total. The number of hydrogen-bond acceptors (Lipinski definition) is 4. The first kappa shape index (κ1) is 19.4. The molecule has 1 aromatic heterocycles. The van der Waals surface area contributed by atoms with Gasteiger partial charge in [-0.25, -0.2) is 13.9 Å². The minimum Gasteiger partial charge on any atom is -0.477 e. The summed E-state index contributed by atoms with van der Waals surface area (Å²) < 4.78 is 14.8.